The SMILES string of the molecule is CCC(C)(CO)CNC(C)c1ccc(Cl)cc1Cl. The van der Waals surface area contributed by atoms with Gasteiger partial charge < -0.3 is 10.4 Å². The molecular weight excluding hydrogens is 269 g/mol. The number of benzene rings is 1. The minimum absolute atomic E-state index is 0.0901. The lowest BCUT2D eigenvalue weighted by molar-refractivity contribution is 0.132. The zero-order valence-electron chi connectivity index (χ0n) is 11.1. The van der Waals surface area contributed by atoms with Gasteiger partial charge in [-0.05, 0) is 31.0 Å². The standard InChI is InChI=1S/C14H21Cl2NO/c1-4-14(3,9-18)8-17-10(2)12-6-5-11(15)7-13(12)16/h5-7,10,17-18H,4,8-9H2,1-3H3. The first-order valence-corrected chi connectivity index (χ1v) is 6.96. The van der Waals surface area contributed by atoms with Crippen molar-refractivity contribution in [1.29, 1.82) is 0 Å². The molecule has 1 aromatic rings. The molecule has 0 saturated heterocycles. The third-order valence-corrected chi connectivity index (χ3v) is 4.06. The molecule has 18 heavy (non-hydrogen) atoms. The summed E-state index contributed by atoms with van der Waals surface area (Å²) < 4.78 is 0. The molecular formula is C14H21Cl2NO. The van der Waals surface area contributed by atoms with Crippen LogP contribution in [-0.4, -0.2) is 18.3 Å². The number of hydrogen-bond donors (Lipinski definition) is 2. The first-order valence-electron chi connectivity index (χ1n) is 6.21. The Morgan fingerprint density at radius 3 is 2.56 bits per heavy atom. The van der Waals surface area contributed by atoms with Crippen LogP contribution in [0.3, 0.4) is 0 Å². The Balaban J connectivity index is 2.68. The molecule has 0 amide bonds. The highest BCUT2D eigenvalue weighted by atomic mass is 35.5. The maximum absolute atomic E-state index is 9.38. The van der Waals surface area contributed by atoms with Gasteiger partial charge in [-0.15, -0.1) is 0 Å². The van der Waals surface area contributed by atoms with Crippen LogP contribution < -0.4 is 5.32 Å². The van der Waals surface area contributed by atoms with E-state index in [1.165, 1.54) is 0 Å². The molecule has 0 fully saturated rings. The van der Waals surface area contributed by atoms with Gasteiger partial charge in [-0.25, -0.2) is 0 Å². The summed E-state index contributed by atoms with van der Waals surface area (Å²) in [5.74, 6) is 0. The first-order chi connectivity index (χ1) is 8.41. The number of halogens is 2. The van der Waals surface area contributed by atoms with Crippen LogP contribution in [0.5, 0.6) is 0 Å². The van der Waals surface area contributed by atoms with Crippen molar-refractivity contribution in [3.8, 4) is 0 Å². The summed E-state index contributed by atoms with van der Waals surface area (Å²) in [7, 11) is 0. The fourth-order valence-corrected chi connectivity index (χ4v) is 2.23. The van der Waals surface area contributed by atoms with E-state index in [2.05, 4.69) is 26.1 Å². The van der Waals surface area contributed by atoms with Crippen LogP contribution in [0.2, 0.25) is 10.0 Å². The van der Waals surface area contributed by atoms with Crippen molar-refractivity contribution in [2.45, 2.75) is 33.2 Å². The second-order valence-electron chi connectivity index (χ2n) is 5.09. The van der Waals surface area contributed by atoms with Crippen LogP contribution in [0.1, 0.15) is 38.8 Å². The quantitative estimate of drug-likeness (QED) is 0.828. The number of aliphatic hydroxyl groups is 1. The van der Waals surface area contributed by atoms with Gasteiger partial charge in [0.2, 0.25) is 0 Å². The summed E-state index contributed by atoms with van der Waals surface area (Å²) in [6.07, 6.45) is 0.928. The van der Waals surface area contributed by atoms with Crippen LogP contribution in [0.4, 0.5) is 0 Å². The highest BCUT2D eigenvalue weighted by Crippen LogP contribution is 2.27. The molecule has 1 rings (SSSR count). The van der Waals surface area contributed by atoms with Crippen molar-refractivity contribution in [3.63, 3.8) is 0 Å². The van der Waals surface area contributed by atoms with Gasteiger partial charge in [0.1, 0.15) is 0 Å². The van der Waals surface area contributed by atoms with Crippen LogP contribution in [0.15, 0.2) is 18.2 Å². The Labute approximate surface area is 119 Å². The van der Waals surface area contributed by atoms with Gasteiger partial charge in [0.15, 0.2) is 0 Å². The van der Waals surface area contributed by atoms with Crippen molar-refractivity contribution >= 4 is 23.2 Å². The molecule has 0 aliphatic heterocycles. The summed E-state index contributed by atoms with van der Waals surface area (Å²) in [6.45, 7) is 7.13. The first kappa shape index (κ1) is 15.8. The van der Waals surface area contributed by atoms with Crippen LogP contribution in [0, 0.1) is 5.41 Å². The van der Waals surface area contributed by atoms with Gasteiger partial charge in [-0.3, -0.25) is 0 Å². The van der Waals surface area contributed by atoms with E-state index in [9.17, 15) is 5.11 Å². The molecule has 1 aromatic carbocycles. The van der Waals surface area contributed by atoms with E-state index in [0.29, 0.717) is 10.0 Å². The maximum Gasteiger partial charge on any atom is 0.0496 e. The zero-order chi connectivity index (χ0) is 13.8. The van der Waals surface area contributed by atoms with Gasteiger partial charge in [0.25, 0.3) is 0 Å². The second-order valence-corrected chi connectivity index (χ2v) is 5.93. The highest BCUT2D eigenvalue weighted by molar-refractivity contribution is 6.35. The minimum atomic E-state index is -0.0901. The lowest BCUT2D eigenvalue weighted by Crippen LogP contribution is -2.35. The van der Waals surface area contributed by atoms with Crippen molar-refractivity contribution in [2.24, 2.45) is 5.41 Å². The topological polar surface area (TPSA) is 32.3 Å². The molecule has 2 atom stereocenters. The largest absolute Gasteiger partial charge is 0.396 e. The molecule has 0 heterocycles. The molecule has 0 aliphatic rings. The van der Waals surface area contributed by atoms with Crippen LogP contribution >= 0.6 is 23.2 Å². The van der Waals surface area contributed by atoms with E-state index in [4.69, 9.17) is 23.2 Å². The van der Waals surface area contributed by atoms with Gasteiger partial charge in [0.05, 0.1) is 0 Å². The third-order valence-electron chi connectivity index (χ3n) is 3.50. The summed E-state index contributed by atoms with van der Waals surface area (Å²) in [5, 5.41) is 14.1. The third kappa shape index (κ3) is 4.13. The highest BCUT2D eigenvalue weighted by Gasteiger charge is 2.22. The van der Waals surface area contributed by atoms with E-state index in [1.807, 2.05) is 12.1 Å². The number of aliphatic hydroxyl groups excluding tert-OH is 1. The Kier molecular flexibility index (Phi) is 5.93. The average molecular weight is 290 g/mol. The predicted octanol–water partition coefficient (Wildman–Crippen LogP) is 4.05. The van der Waals surface area contributed by atoms with Crippen molar-refractivity contribution in [3.05, 3.63) is 33.8 Å². The van der Waals surface area contributed by atoms with Crippen molar-refractivity contribution in [2.75, 3.05) is 13.2 Å². The average Bonchev–Trinajstić information content (AvgIpc) is 2.35. The predicted molar refractivity (Wildman–Crippen MR) is 78.4 cm³/mol. The Morgan fingerprint density at radius 1 is 1.39 bits per heavy atom. The lowest BCUT2D eigenvalue weighted by atomic mass is 9.88. The summed E-state index contributed by atoms with van der Waals surface area (Å²) >= 11 is 12.0. The molecule has 2 unspecified atom stereocenters. The number of nitrogens with one attached hydrogen (secondary N) is 1. The van der Waals surface area contributed by atoms with E-state index in [1.54, 1.807) is 6.07 Å². The molecule has 0 aromatic heterocycles. The fraction of sp³-hybridized carbons (Fsp3) is 0.571. The normalized spacial score (nSPS) is 16.3. The molecule has 0 aliphatic carbocycles. The van der Waals surface area contributed by atoms with E-state index in [-0.39, 0.29) is 18.1 Å². The second kappa shape index (κ2) is 6.76. The maximum atomic E-state index is 9.38. The fourth-order valence-electron chi connectivity index (χ4n) is 1.65. The zero-order valence-corrected chi connectivity index (χ0v) is 12.6. The van der Waals surface area contributed by atoms with Gasteiger partial charge in [-0.1, -0.05) is 43.1 Å². The van der Waals surface area contributed by atoms with E-state index >= 15 is 0 Å². The lowest BCUT2D eigenvalue weighted by Gasteiger charge is -2.28. The molecule has 0 saturated carbocycles. The summed E-state index contributed by atoms with van der Waals surface area (Å²) in [5.41, 5.74) is 0.935. The van der Waals surface area contributed by atoms with Crippen LogP contribution in [0.25, 0.3) is 0 Å². The van der Waals surface area contributed by atoms with Gasteiger partial charge >= 0.3 is 0 Å². The molecule has 102 valence electrons. The summed E-state index contributed by atoms with van der Waals surface area (Å²) in [4.78, 5) is 0. The molecule has 0 bridgehead atoms. The Hall–Kier alpha value is -0.280. The van der Waals surface area contributed by atoms with E-state index in [0.717, 1.165) is 18.5 Å². The Bertz CT molecular complexity index is 391. The molecule has 0 radical (unpaired) electrons. The van der Waals surface area contributed by atoms with Gasteiger partial charge in [-0.2, -0.15) is 0 Å². The van der Waals surface area contributed by atoms with Gasteiger partial charge in [0, 0.05) is 34.7 Å². The van der Waals surface area contributed by atoms with Crippen molar-refractivity contribution in [1.82, 2.24) is 5.32 Å². The number of hydrogen-bond acceptors (Lipinski definition) is 2. The molecule has 4 heteroatoms. The summed E-state index contributed by atoms with van der Waals surface area (Å²) in [6, 6.07) is 5.66. The number of rotatable bonds is 6. The monoisotopic (exact) mass is 289 g/mol. The molecule has 2 N–H and O–H groups in total. The minimum Gasteiger partial charge on any atom is -0.396 e. The van der Waals surface area contributed by atoms with Crippen LogP contribution in [-0.2, 0) is 0 Å². The van der Waals surface area contributed by atoms with E-state index < -0.39 is 0 Å². The smallest absolute Gasteiger partial charge is 0.0496 e. The molecule has 0 spiro atoms. The Morgan fingerprint density at radius 2 is 2.06 bits per heavy atom. The molecule has 2 nitrogen and oxygen atoms in total. The van der Waals surface area contributed by atoms with Crippen molar-refractivity contribution < 1.29 is 5.11 Å².